The summed E-state index contributed by atoms with van der Waals surface area (Å²) in [5, 5.41) is 0. The lowest BCUT2D eigenvalue weighted by molar-refractivity contribution is 0.441. The lowest BCUT2D eigenvalue weighted by Crippen LogP contribution is -2.34. The molecule has 1 unspecified atom stereocenters. The predicted molar refractivity (Wildman–Crippen MR) is 67.8 cm³/mol. The summed E-state index contributed by atoms with van der Waals surface area (Å²) in [6, 6.07) is 2.23. The summed E-state index contributed by atoms with van der Waals surface area (Å²) in [6.45, 7) is 4.14. The molecule has 17 heavy (non-hydrogen) atoms. The second-order valence-corrected chi connectivity index (χ2v) is 5.86. The van der Waals surface area contributed by atoms with E-state index < -0.39 is 0 Å². The molecule has 0 spiro atoms. The van der Waals surface area contributed by atoms with Crippen molar-refractivity contribution < 1.29 is 0 Å². The predicted octanol–water partition coefficient (Wildman–Crippen LogP) is 2.82. The average molecular weight is 231 g/mol. The van der Waals surface area contributed by atoms with Gasteiger partial charge in [-0.05, 0) is 45.1 Å². The molecule has 2 fully saturated rings. The third-order valence-corrected chi connectivity index (χ3v) is 4.00. The number of hydrogen-bond acceptors (Lipinski definition) is 3. The highest BCUT2D eigenvalue weighted by molar-refractivity contribution is 5.25. The van der Waals surface area contributed by atoms with Gasteiger partial charge in [0.15, 0.2) is 0 Å². The minimum atomic E-state index is -0.380. The van der Waals surface area contributed by atoms with Crippen LogP contribution in [0.5, 0.6) is 0 Å². The molecule has 1 atom stereocenters. The van der Waals surface area contributed by atoms with E-state index in [1.807, 2.05) is 6.92 Å². The van der Waals surface area contributed by atoms with Crippen LogP contribution in [0.2, 0.25) is 0 Å². The summed E-state index contributed by atoms with van der Waals surface area (Å²) >= 11 is 0. The summed E-state index contributed by atoms with van der Waals surface area (Å²) in [4.78, 5) is 9.42. The molecule has 0 aliphatic heterocycles. The van der Waals surface area contributed by atoms with Gasteiger partial charge in [-0.15, -0.1) is 0 Å². The first-order chi connectivity index (χ1) is 8.10. The molecular formula is C14H21N3. The number of nitrogens with zero attached hydrogens (tertiary/aromatic N) is 2. The lowest BCUT2D eigenvalue weighted by Gasteiger charge is -2.22. The quantitative estimate of drug-likeness (QED) is 0.867. The van der Waals surface area contributed by atoms with E-state index in [-0.39, 0.29) is 5.54 Å². The minimum Gasteiger partial charge on any atom is -0.319 e. The van der Waals surface area contributed by atoms with Gasteiger partial charge in [-0.2, -0.15) is 0 Å². The van der Waals surface area contributed by atoms with Gasteiger partial charge in [-0.1, -0.05) is 6.92 Å². The summed E-state index contributed by atoms with van der Waals surface area (Å²) in [5.41, 5.74) is 8.39. The van der Waals surface area contributed by atoms with Crippen LogP contribution in [-0.4, -0.2) is 9.97 Å². The first kappa shape index (κ1) is 11.1. The van der Waals surface area contributed by atoms with Crippen LogP contribution in [0.25, 0.3) is 0 Å². The van der Waals surface area contributed by atoms with Crippen molar-refractivity contribution in [2.24, 2.45) is 5.73 Å². The van der Waals surface area contributed by atoms with E-state index in [0.29, 0.717) is 11.8 Å². The van der Waals surface area contributed by atoms with Crippen LogP contribution in [0.4, 0.5) is 0 Å². The normalized spacial score (nSPS) is 23.5. The molecule has 0 bridgehead atoms. The van der Waals surface area contributed by atoms with Crippen LogP contribution >= 0.6 is 0 Å². The summed E-state index contributed by atoms with van der Waals surface area (Å²) < 4.78 is 0. The second kappa shape index (κ2) is 3.77. The van der Waals surface area contributed by atoms with Crippen LogP contribution in [0.3, 0.4) is 0 Å². The standard InChI is InChI=1S/C14H21N3/c1-3-14(2,15)13-16-11(9-4-5-9)8-12(17-13)10-6-7-10/h8-10H,3-7,15H2,1-2H3. The smallest absolute Gasteiger partial charge is 0.148 e. The van der Waals surface area contributed by atoms with E-state index in [9.17, 15) is 0 Å². The molecule has 0 amide bonds. The lowest BCUT2D eigenvalue weighted by atomic mass is 9.99. The molecule has 2 aliphatic rings. The van der Waals surface area contributed by atoms with Crippen LogP contribution in [0.1, 0.15) is 75.0 Å². The van der Waals surface area contributed by atoms with Crippen LogP contribution in [-0.2, 0) is 5.54 Å². The Morgan fingerprint density at radius 2 is 1.65 bits per heavy atom. The average Bonchev–Trinajstić information content (AvgIpc) is 3.20. The van der Waals surface area contributed by atoms with Gasteiger partial charge in [0.05, 0.1) is 5.54 Å². The highest BCUT2D eigenvalue weighted by Crippen LogP contribution is 2.43. The van der Waals surface area contributed by atoms with Crippen molar-refractivity contribution in [3.63, 3.8) is 0 Å². The van der Waals surface area contributed by atoms with Crippen molar-refractivity contribution in [3.8, 4) is 0 Å². The maximum atomic E-state index is 6.29. The number of rotatable bonds is 4. The Morgan fingerprint density at radius 3 is 2.00 bits per heavy atom. The van der Waals surface area contributed by atoms with Crippen molar-refractivity contribution >= 4 is 0 Å². The van der Waals surface area contributed by atoms with E-state index in [1.54, 1.807) is 0 Å². The molecule has 92 valence electrons. The van der Waals surface area contributed by atoms with Gasteiger partial charge in [-0.3, -0.25) is 0 Å². The van der Waals surface area contributed by atoms with Crippen molar-refractivity contribution in [2.45, 2.75) is 63.3 Å². The molecule has 2 N–H and O–H groups in total. The first-order valence-corrected chi connectivity index (χ1v) is 6.78. The second-order valence-electron chi connectivity index (χ2n) is 5.86. The van der Waals surface area contributed by atoms with E-state index in [0.717, 1.165) is 12.2 Å². The molecule has 2 aliphatic carbocycles. The van der Waals surface area contributed by atoms with Crippen LogP contribution in [0, 0.1) is 0 Å². The molecule has 0 saturated heterocycles. The number of hydrogen-bond donors (Lipinski definition) is 1. The maximum absolute atomic E-state index is 6.29. The molecule has 0 radical (unpaired) electrons. The molecule has 0 aromatic carbocycles. The Kier molecular flexibility index (Phi) is 2.47. The third kappa shape index (κ3) is 2.21. The van der Waals surface area contributed by atoms with Gasteiger partial charge < -0.3 is 5.73 Å². The van der Waals surface area contributed by atoms with E-state index in [2.05, 4.69) is 13.0 Å². The van der Waals surface area contributed by atoms with E-state index in [4.69, 9.17) is 15.7 Å². The molecule has 1 aromatic heterocycles. The molecular weight excluding hydrogens is 210 g/mol. The van der Waals surface area contributed by atoms with Gasteiger partial charge >= 0.3 is 0 Å². The molecule has 1 heterocycles. The van der Waals surface area contributed by atoms with Crippen molar-refractivity contribution in [2.75, 3.05) is 0 Å². The van der Waals surface area contributed by atoms with Gasteiger partial charge in [0.1, 0.15) is 5.82 Å². The van der Waals surface area contributed by atoms with E-state index in [1.165, 1.54) is 37.1 Å². The Labute approximate surface area is 103 Å². The zero-order valence-corrected chi connectivity index (χ0v) is 10.7. The number of aromatic nitrogens is 2. The Hall–Kier alpha value is -0.960. The van der Waals surface area contributed by atoms with Crippen molar-refractivity contribution in [1.29, 1.82) is 0 Å². The minimum absolute atomic E-state index is 0.380. The van der Waals surface area contributed by atoms with Crippen LogP contribution < -0.4 is 5.73 Å². The molecule has 3 nitrogen and oxygen atoms in total. The summed E-state index contributed by atoms with van der Waals surface area (Å²) in [6.07, 6.45) is 6.02. The molecule has 2 saturated carbocycles. The largest absolute Gasteiger partial charge is 0.319 e. The zero-order valence-electron chi connectivity index (χ0n) is 10.7. The fourth-order valence-corrected chi connectivity index (χ4v) is 2.08. The first-order valence-electron chi connectivity index (χ1n) is 6.78. The number of nitrogens with two attached hydrogens (primary N) is 1. The fourth-order valence-electron chi connectivity index (χ4n) is 2.08. The van der Waals surface area contributed by atoms with Gasteiger partial charge in [0, 0.05) is 23.2 Å². The van der Waals surface area contributed by atoms with Crippen LogP contribution in [0.15, 0.2) is 6.07 Å². The van der Waals surface area contributed by atoms with Gasteiger partial charge in [0.2, 0.25) is 0 Å². The van der Waals surface area contributed by atoms with Gasteiger partial charge in [-0.25, -0.2) is 9.97 Å². The fraction of sp³-hybridized carbons (Fsp3) is 0.714. The summed E-state index contributed by atoms with van der Waals surface area (Å²) in [7, 11) is 0. The van der Waals surface area contributed by atoms with Crippen molar-refractivity contribution in [1.82, 2.24) is 9.97 Å². The highest BCUT2D eigenvalue weighted by Gasteiger charge is 2.33. The van der Waals surface area contributed by atoms with Crippen molar-refractivity contribution in [3.05, 3.63) is 23.3 Å². The Morgan fingerprint density at radius 1 is 1.18 bits per heavy atom. The van der Waals surface area contributed by atoms with Gasteiger partial charge in [0.25, 0.3) is 0 Å². The summed E-state index contributed by atoms with van der Waals surface area (Å²) in [5.74, 6) is 2.22. The topological polar surface area (TPSA) is 51.8 Å². The SMILES string of the molecule is CCC(C)(N)c1nc(C2CC2)cc(C2CC2)n1. The Balaban J connectivity index is 2.01. The molecule has 3 rings (SSSR count). The third-order valence-electron chi connectivity index (χ3n) is 4.00. The Bertz CT molecular complexity index is 401. The molecule has 1 aromatic rings. The monoisotopic (exact) mass is 231 g/mol. The maximum Gasteiger partial charge on any atom is 0.148 e. The zero-order chi connectivity index (χ0) is 12.0. The highest BCUT2D eigenvalue weighted by atomic mass is 15.0. The molecule has 3 heteroatoms. The van der Waals surface area contributed by atoms with E-state index >= 15 is 0 Å².